The third-order valence-corrected chi connectivity index (χ3v) is 4.82. The molecule has 1 aromatic rings. The smallest absolute Gasteiger partial charge is 0.235 e. The van der Waals surface area contributed by atoms with Crippen LogP contribution in [0.5, 0.6) is 0 Å². The van der Waals surface area contributed by atoms with Gasteiger partial charge in [0.2, 0.25) is 5.91 Å². The van der Waals surface area contributed by atoms with Gasteiger partial charge in [-0.25, -0.2) is 0 Å². The minimum Gasteiger partial charge on any atom is -0.330 e. The lowest BCUT2D eigenvalue weighted by Crippen LogP contribution is -2.31. The molecule has 0 radical (unpaired) electrons. The molecule has 0 spiro atoms. The lowest BCUT2D eigenvalue weighted by Gasteiger charge is -2.38. The molecule has 110 valence electrons. The highest BCUT2D eigenvalue weighted by molar-refractivity contribution is 9.09. The number of carbonyl (C=O) groups excluding carboxylic acids is 1. The molecule has 1 aliphatic rings. The van der Waals surface area contributed by atoms with Crippen molar-refractivity contribution in [2.75, 3.05) is 17.2 Å². The fourth-order valence-electron chi connectivity index (χ4n) is 3.31. The Morgan fingerprint density at radius 2 is 2.05 bits per heavy atom. The molecular formula is C16H23BrN2O. The predicted molar refractivity (Wildman–Crippen MR) is 87.3 cm³/mol. The van der Waals surface area contributed by atoms with Crippen molar-refractivity contribution in [1.29, 1.82) is 0 Å². The minimum absolute atomic E-state index is 0.0151. The SMILES string of the molecule is NCCC1(c2cccc(NC(=O)CBr)c2)CCCCC1. The van der Waals surface area contributed by atoms with Crippen molar-refractivity contribution < 1.29 is 4.79 Å². The summed E-state index contributed by atoms with van der Waals surface area (Å²) in [5, 5.41) is 3.24. The van der Waals surface area contributed by atoms with Crippen molar-refractivity contribution in [2.45, 2.75) is 43.9 Å². The fraction of sp³-hybridized carbons (Fsp3) is 0.562. The largest absolute Gasteiger partial charge is 0.330 e. The molecule has 20 heavy (non-hydrogen) atoms. The van der Waals surface area contributed by atoms with E-state index in [1.165, 1.54) is 37.7 Å². The molecule has 1 aromatic carbocycles. The molecule has 0 heterocycles. The van der Waals surface area contributed by atoms with Crippen LogP contribution in [0.1, 0.15) is 44.1 Å². The molecule has 0 aromatic heterocycles. The zero-order valence-electron chi connectivity index (χ0n) is 11.8. The zero-order chi connectivity index (χ0) is 14.4. The number of carbonyl (C=O) groups is 1. The molecule has 3 nitrogen and oxygen atoms in total. The molecule has 1 saturated carbocycles. The van der Waals surface area contributed by atoms with Gasteiger partial charge in [0, 0.05) is 5.69 Å². The van der Waals surface area contributed by atoms with E-state index in [4.69, 9.17) is 5.73 Å². The Hall–Kier alpha value is -0.870. The minimum atomic E-state index is -0.0151. The predicted octanol–water partition coefficient (Wildman–Crippen LogP) is 3.57. The Kier molecular flexibility index (Phi) is 5.61. The number of anilines is 1. The number of nitrogens with two attached hydrogens (primary N) is 1. The van der Waals surface area contributed by atoms with Gasteiger partial charge in [0.1, 0.15) is 0 Å². The van der Waals surface area contributed by atoms with E-state index in [1.54, 1.807) is 0 Å². The van der Waals surface area contributed by atoms with Gasteiger partial charge in [-0.15, -0.1) is 0 Å². The molecule has 1 amide bonds. The summed E-state index contributed by atoms with van der Waals surface area (Å²) in [6.07, 6.45) is 7.32. The van der Waals surface area contributed by atoms with Crippen molar-refractivity contribution in [2.24, 2.45) is 5.73 Å². The second-order valence-corrected chi connectivity index (χ2v) is 6.20. The van der Waals surface area contributed by atoms with Crippen LogP contribution in [0.25, 0.3) is 0 Å². The first-order chi connectivity index (χ1) is 9.70. The lowest BCUT2D eigenvalue weighted by atomic mass is 9.67. The number of nitrogens with one attached hydrogen (secondary N) is 1. The van der Waals surface area contributed by atoms with Crippen LogP contribution in [0.2, 0.25) is 0 Å². The number of rotatable bonds is 5. The zero-order valence-corrected chi connectivity index (χ0v) is 13.4. The van der Waals surface area contributed by atoms with E-state index in [-0.39, 0.29) is 11.3 Å². The van der Waals surface area contributed by atoms with Crippen LogP contribution < -0.4 is 11.1 Å². The topological polar surface area (TPSA) is 55.1 Å². The van der Waals surface area contributed by atoms with Crippen molar-refractivity contribution >= 4 is 27.5 Å². The normalized spacial score (nSPS) is 17.7. The van der Waals surface area contributed by atoms with E-state index in [0.717, 1.165) is 18.7 Å². The van der Waals surface area contributed by atoms with Gasteiger partial charge in [0.05, 0.1) is 5.33 Å². The summed E-state index contributed by atoms with van der Waals surface area (Å²) in [6, 6.07) is 8.29. The average molecular weight is 339 g/mol. The number of amides is 1. The van der Waals surface area contributed by atoms with E-state index >= 15 is 0 Å². The fourth-order valence-corrected chi connectivity index (χ4v) is 3.45. The van der Waals surface area contributed by atoms with E-state index in [2.05, 4.69) is 33.4 Å². The van der Waals surface area contributed by atoms with Gasteiger partial charge < -0.3 is 11.1 Å². The number of benzene rings is 1. The van der Waals surface area contributed by atoms with Gasteiger partial charge in [-0.05, 0) is 48.9 Å². The highest BCUT2D eigenvalue weighted by Crippen LogP contribution is 2.42. The van der Waals surface area contributed by atoms with Crippen molar-refractivity contribution in [3.8, 4) is 0 Å². The van der Waals surface area contributed by atoms with Crippen molar-refractivity contribution in [1.82, 2.24) is 0 Å². The summed E-state index contributed by atoms with van der Waals surface area (Å²) in [7, 11) is 0. The Morgan fingerprint density at radius 1 is 1.30 bits per heavy atom. The summed E-state index contributed by atoms with van der Waals surface area (Å²) < 4.78 is 0. The monoisotopic (exact) mass is 338 g/mol. The van der Waals surface area contributed by atoms with Gasteiger partial charge in [0.25, 0.3) is 0 Å². The quantitative estimate of drug-likeness (QED) is 0.806. The summed E-state index contributed by atoms with van der Waals surface area (Å²) in [5.74, 6) is -0.0151. The van der Waals surface area contributed by atoms with Crippen LogP contribution in [0.3, 0.4) is 0 Å². The van der Waals surface area contributed by atoms with Crippen LogP contribution in [0.15, 0.2) is 24.3 Å². The van der Waals surface area contributed by atoms with Crippen LogP contribution in [0, 0.1) is 0 Å². The molecule has 0 saturated heterocycles. The Labute approximate surface area is 129 Å². The molecule has 0 bridgehead atoms. The Morgan fingerprint density at radius 3 is 2.70 bits per heavy atom. The second-order valence-electron chi connectivity index (χ2n) is 5.64. The summed E-state index contributed by atoms with van der Waals surface area (Å²) >= 11 is 3.17. The summed E-state index contributed by atoms with van der Waals surface area (Å²) in [6.45, 7) is 0.720. The highest BCUT2D eigenvalue weighted by Gasteiger charge is 2.33. The first kappa shape index (κ1) is 15.5. The molecule has 0 atom stereocenters. The van der Waals surface area contributed by atoms with Crippen LogP contribution in [0.4, 0.5) is 5.69 Å². The summed E-state index contributed by atoms with van der Waals surface area (Å²) in [5.41, 5.74) is 8.27. The Balaban J connectivity index is 2.24. The van der Waals surface area contributed by atoms with Gasteiger partial charge in [0.15, 0.2) is 0 Å². The molecule has 1 fully saturated rings. The molecular weight excluding hydrogens is 316 g/mol. The molecule has 1 aliphatic carbocycles. The maximum absolute atomic E-state index is 11.5. The van der Waals surface area contributed by atoms with E-state index in [9.17, 15) is 4.79 Å². The van der Waals surface area contributed by atoms with Gasteiger partial charge in [-0.2, -0.15) is 0 Å². The van der Waals surface area contributed by atoms with Crippen LogP contribution in [-0.4, -0.2) is 17.8 Å². The first-order valence-electron chi connectivity index (χ1n) is 7.37. The van der Waals surface area contributed by atoms with Crippen LogP contribution in [-0.2, 0) is 10.2 Å². The number of hydrogen-bond donors (Lipinski definition) is 2. The average Bonchev–Trinajstić information content (AvgIpc) is 2.48. The lowest BCUT2D eigenvalue weighted by molar-refractivity contribution is -0.113. The maximum Gasteiger partial charge on any atom is 0.235 e. The number of halogens is 1. The molecule has 3 N–H and O–H groups in total. The standard InChI is InChI=1S/C16H23BrN2O/c17-12-15(20)19-14-6-4-5-13(11-14)16(9-10-18)7-2-1-3-8-16/h4-6,11H,1-3,7-10,12,18H2,(H,19,20). The van der Waals surface area contributed by atoms with Crippen molar-refractivity contribution in [3.05, 3.63) is 29.8 Å². The van der Waals surface area contributed by atoms with Gasteiger partial charge in [-0.1, -0.05) is 47.3 Å². The number of alkyl halides is 1. The van der Waals surface area contributed by atoms with Crippen LogP contribution >= 0.6 is 15.9 Å². The van der Waals surface area contributed by atoms with E-state index in [0.29, 0.717) is 5.33 Å². The highest BCUT2D eigenvalue weighted by atomic mass is 79.9. The van der Waals surface area contributed by atoms with E-state index in [1.807, 2.05) is 12.1 Å². The summed E-state index contributed by atoms with van der Waals surface area (Å²) in [4.78, 5) is 11.5. The third-order valence-electron chi connectivity index (χ3n) is 4.31. The van der Waals surface area contributed by atoms with Gasteiger partial charge >= 0.3 is 0 Å². The van der Waals surface area contributed by atoms with E-state index < -0.39 is 0 Å². The third kappa shape index (κ3) is 3.61. The molecule has 4 heteroatoms. The molecule has 0 aliphatic heterocycles. The Bertz CT molecular complexity index is 450. The second kappa shape index (κ2) is 7.23. The van der Waals surface area contributed by atoms with Crippen molar-refractivity contribution in [3.63, 3.8) is 0 Å². The maximum atomic E-state index is 11.5. The first-order valence-corrected chi connectivity index (χ1v) is 8.49. The van der Waals surface area contributed by atoms with Gasteiger partial charge in [-0.3, -0.25) is 4.79 Å². The molecule has 2 rings (SSSR count). The molecule has 0 unspecified atom stereocenters. The number of hydrogen-bond acceptors (Lipinski definition) is 2.